The van der Waals surface area contributed by atoms with E-state index in [-0.39, 0.29) is 5.56 Å². The van der Waals surface area contributed by atoms with E-state index in [0.717, 1.165) is 23.3 Å². The van der Waals surface area contributed by atoms with Gasteiger partial charge in [-0.1, -0.05) is 12.1 Å². The van der Waals surface area contributed by atoms with Gasteiger partial charge in [-0.05, 0) is 62.2 Å². The van der Waals surface area contributed by atoms with E-state index in [0.29, 0.717) is 5.69 Å². The number of anilines is 1. The van der Waals surface area contributed by atoms with Crippen LogP contribution in [0.5, 0.6) is 0 Å². The van der Waals surface area contributed by atoms with Gasteiger partial charge in [0.2, 0.25) is 0 Å². The number of hydrogen-bond donors (Lipinski definition) is 1. The lowest BCUT2D eigenvalue weighted by Gasteiger charge is -2.15. The maximum Gasteiger partial charge on any atom is 0.338 e. The van der Waals surface area contributed by atoms with E-state index in [9.17, 15) is 14.0 Å². The Morgan fingerprint density at radius 3 is 2.39 bits per heavy atom. The summed E-state index contributed by atoms with van der Waals surface area (Å²) in [4.78, 5) is 24.1. The molecule has 0 radical (unpaired) electrons. The van der Waals surface area contributed by atoms with E-state index < -0.39 is 23.8 Å². The van der Waals surface area contributed by atoms with E-state index >= 15 is 0 Å². The van der Waals surface area contributed by atoms with E-state index in [1.807, 2.05) is 32.0 Å². The molecule has 2 aromatic rings. The molecule has 2 aromatic carbocycles. The minimum atomic E-state index is -0.965. The zero-order chi connectivity index (χ0) is 17.0. The van der Waals surface area contributed by atoms with Crippen LogP contribution in [-0.2, 0) is 9.53 Å². The predicted molar refractivity (Wildman–Crippen MR) is 85.8 cm³/mol. The number of benzene rings is 2. The Balaban J connectivity index is 2.01. The number of hydrogen-bond acceptors (Lipinski definition) is 3. The number of carbonyl (C=O) groups is 2. The Labute approximate surface area is 134 Å². The first-order valence-corrected chi connectivity index (χ1v) is 7.21. The maximum atomic E-state index is 12.8. The summed E-state index contributed by atoms with van der Waals surface area (Å²) in [5.41, 5.74) is 2.81. The van der Waals surface area contributed by atoms with Crippen LogP contribution >= 0.6 is 0 Å². The molecule has 0 saturated heterocycles. The molecule has 23 heavy (non-hydrogen) atoms. The molecule has 0 aliphatic carbocycles. The molecule has 0 unspecified atom stereocenters. The molecular formula is C18H18FNO3. The zero-order valence-electron chi connectivity index (χ0n) is 13.2. The van der Waals surface area contributed by atoms with Crippen molar-refractivity contribution in [1.82, 2.24) is 0 Å². The number of nitrogens with one attached hydrogen (secondary N) is 1. The lowest BCUT2D eigenvalue weighted by atomic mass is 10.1. The van der Waals surface area contributed by atoms with Crippen LogP contribution in [0, 0.1) is 19.7 Å². The highest BCUT2D eigenvalue weighted by Crippen LogP contribution is 2.17. The van der Waals surface area contributed by atoms with Crippen molar-refractivity contribution in [3.8, 4) is 0 Å². The van der Waals surface area contributed by atoms with Crippen LogP contribution in [0.4, 0.5) is 10.1 Å². The molecule has 1 N–H and O–H groups in total. The number of aryl methyl sites for hydroxylation is 2. The van der Waals surface area contributed by atoms with Crippen LogP contribution in [0.25, 0.3) is 0 Å². The highest BCUT2D eigenvalue weighted by atomic mass is 19.1. The van der Waals surface area contributed by atoms with Crippen LogP contribution in [0.3, 0.4) is 0 Å². The normalized spacial score (nSPS) is 11.7. The van der Waals surface area contributed by atoms with E-state index in [1.165, 1.54) is 19.1 Å². The molecule has 0 aliphatic heterocycles. The van der Waals surface area contributed by atoms with Crippen LogP contribution in [-0.4, -0.2) is 18.0 Å². The van der Waals surface area contributed by atoms with E-state index in [4.69, 9.17) is 4.74 Å². The van der Waals surface area contributed by atoms with Gasteiger partial charge in [-0.2, -0.15) is 0 Å². The Hall–Kier alpha value is -2.69. The van der Waals surface area contributed by atoms with Gasteiger partial charge in [-0.25, -0.2) is 9.18 Å². The van der Waals surface area contributed by atoms with Crippen molar-refractivity contribution in [3.63, 3.8) is 0 Å². The summed E-state index contributed by atoms with van der Waals surface area (Å²) in [7, 11) is 0. The largest absolute Gasteiger partial charge is 0.449 e. The van der Waals surface area contributed by atoms with Crippen molar-refractivity contribution >= 4 is 17.6 Å². The first-order valence-electron chi connectivity index (χ1n) is 7.21. The van der Waals surface area contributed by atoms with Gasteiger partial charge in [0.05, 0.1) is 5.56 Å². The van der Waals surface area contributed by atoms with Crippen molar-refractivity contribution in [3.05, 3.63) is 65.0 Å². The maximum absolute atomic E-state index is 12.8. The number of carbonyl (C=O) groups excluding carboxylic acids is 2. The fraction of sp³-hybridized carbons (Fsp3) is 0.222. The average Bonchev–Trinajstić information content (AvgIpc) is 2.51. The number of esters is 1. The summed E-state index contributed by atoms with van der Waals surface area (Å²) >= 11 is 0. The van der Waals surface area contributed by atoms with Gasteiger partial charge in [0, 0.05) is 5.69 Å². The van der Waals surface area contributed by atoms with Crippen LogP contribution in [0.15, 0.2) is 42.5 Å². The van der Waals surface area contributed by atoms with Gasteiger partial charge < -0.3 is 10.1 Å². The fourth-order valence-corrected chi connectivity index (χ4v) is 1.97. The monoisotopic (exact) mass is 315 g/mol. The molecule has 1 amide bonds. The van der Waals surface area contributed by atoms with Crippen molar-refractivity contribution in [2.24, 2.45) is 0 Å². The summed E-state index contributed by atoms with van der Waals surface area (Å²) in [6, 6.07) is 10.7. The molecule has 120 valence electrons. The Morgan fingerprint density at radius 2 is 1.74 bits per heavy atom. The Morgan fingerprint density at radius 1 is 1.09 bits per heavy atom. The van der Waals surface area contributed by atoms with Crippen LogP contribution in [0.1, 0.15) is 28.4 Å². The standard InChI is InChI=1S/C18H18FNO3/c1-11-4-5-12(2)16(10-11)20-17(21)13(3)23-18(22)14-6-8-15(19)9-7-14/h4-10,13H,1-3H3,(H,20,21)/t13-/m1/s1. The lowest BCUT2D eigenvalue weighted by molar-refractivity contribution is -0.123. The topological polar surface area (TPSA) is 55.4 Å². The average molecular weight is 315 g/mol. The van der Waals surface area contributed by atoms with Gasteiger partial charge in [-0.15, -0.1) is 0 Å². The molecule has 4 nitrogen and oxygen atoms in total. The minimum Gasteiger partial charge on any atom is -0.449 e. The summed E-state index contributed by atoms with van der Waals surface area (Å²) < 4.78 is 17.9. The van der Waals surface area contributed by atoms with Gasteiger partial charge in [-0.3, -0.25) is 4.79 Å². The highest BCUT2D eigenvalue weighted by Gasteiger charge is 2.19. The first kappa shape index (κ1) is 16.7. The molecule has 0 heterocycles. The van der Waals surface area contributed by atoms with Gasteiger partial charge in [0.15, 0.2) is 6.10 Å². The third kappa shape index (κ3) is 4.39. The Kier molecular flexibility index (Phi) is 5.11. The number of rotatable bonds is 4. The minimum absolute atomic E-state index is 0.192. The lowest BCUT2D eigenvalue weighted by Crippen LogP contribution is -2.30. The summed E-state index contributed by atoms with van der Waals surface area (Å²) in [5.74, 6) is -1.54. The first-order chi connectivity index (χ1) is 10.9. The smallest absolute Gasteiger partial charge is 0.338 e. The molecule has 5 heteroatoms. The number of amides is 1. The molecular weight excluding hydrogens is 297 g/mol. The Bertz CT molecular complexity index is 726. The zero-order valence-corrected chi connectivity index (χ0v) is 13.2. The molecule has 2 rings (SSSR count). The van der Waals surface area contributed by atoms with Crippen molar-refractivity contribution in [2.75, 3.05) is 5.32 Å². The van der Waals surface area contributed by atoms with Gasteiger partial charge in [0.25, 0.3) is 5.91 Å². The van der Waals surface area contributed by atoms with E-state index in [2.05, 4.69) is 5.32 Å². The molecule has 0 spiro atoms. The molecule has 0 aliphatic rings. The van der Waals surface area contributed by atoms with Gasteiger partial charge in [0.1, 0.15) is 5.82 Å². The summed E-state index contributed by atoms with van der Waals surface area (Å²) in [6.07, 6.45) is -0.965. The molecule has 1 atom stereocenters. The predicted octanol–water partition coefficient (Wildman–Crippen LogP) is 3.63. The SMILES string of the molecule is Cc1ccc(C)c(NC(=O)[C@@H](C)OC(=O)c2ccc(F)cc2)c1. The van der Waals surface area contributed by atoms with Gasteiger partial charge >= 0.3 is 5.97 Å². The summed E-state index contributed by atoms with van der Waals surface area (Å²) in [6.45, 7) is 5.29. The van der Waals surface area contributed by atoms with Crippen LogP contribution < -0.4 is 5.32 Å². The third-order valence-electron chi connectivity index (χ3n) is 3.38. The van der Waals surface area contributed by atoms with E-state index in [1.54, 1.807) is 0 Å². The second-order valence-electron chi connectivity index (χ2n) is 5.36. The third-order valence-corrected chi connectivity index (χ3v) is 3.38. The quantitative estimate of drug-likeness (QED) is 0.877. The number of halogens is 1. The molecule has 0 aromatic heterocycles. The summed E-state index contributed by atoms with van der Waals surface area (Å²) in [5, 5.41) is 2.74. The molecule has 0 saturated carbocycles. The molecule has 0 bridgehead atoms. The van der Waals surface area contributed by atoms with Crippen molar-refractivity contribution in [2.45, 2.75) is 26.9 Å². The fourth-order valence-electron chi connectivity index (χ4n) is 1.97. The second-order valence-corrected chi connectivity index (χ2v) is 5.36. The van der Waals surface area contributed by atoms with Crippen LogP contribution in [0.2, 0.25) is 0 Å². The highest BCUT2D eigenvalue weighted by molar-refractivity contribution is 5.97. The molecule has 0 fully saturated rings. The second kappa shape index (κ2) is 7.05. The number of ether oxygens (including phenoxy) is 1. The van der Waals surface area contributed by atoms with Crippen molar-refractivity contribution < 1.29 is 18.7 Å². The van der Waals surface area contributed by atoms with Crippen molar-refractivity contribution in [1.29, 1.82) is 0 Å².